The molecule has 11 heteroatoms. The van der Waals surface area contributed by atoms with Crippen LogP contribution in [-0.4, -0.2) is 39.5 Å². The van der Waals surface area contributed by atoms with Crippen molar-refractivity contribution in [2.75, 3.05) is 11.9 Å². The summed E-state index contributed by atoms with van der Waals surface area (Å²) >= 11 is 6.04. The highest BCUT2D eigenvalue weighted by Crippen LogP contribution is 2.36. The second-order valence-corrected chi connectivity index (χ2v) is 8.87. The van der Waals surface area contributed by atoms with Crippen LogP contribution in [-0.2, 0) is 11.3 Å². The number of halogens is 4. The normalized spacial score (nSPS) is 14.9. The molecule has 0 aromatic carbocycles. The number of ether oxygens (including phenoxy) is 1. The Morgan fingerprint density at radius 1 is 1.31 bits per heavy atom. The van der Waals surface area contributed by atoms with Crippen molar-refractivity contribution in [2.45, 2.75) is 46.5 Å². The fraction of sp³-hybridized carbons (Fsp3) is 0.429. The van der Waals surface area contributed by atoms with E-state index >= 15 is 0 Å². The minimum absolute atomic E-state index is 0.0949. The average molecular weight is 471 g/mol. The molecular formula is C21H22ClF3N4O3. The van der Waals surface area contributed by atoms with Crippen LogP contribution in [0.2, 0.25) is 5.02 Å². The van der Waals surface area contributed by atoms with Crippen molar-refractivity contribution >= 4 is 29.2 Å². The number of nitrogens with zero attached hydrogens (tertiary/aromatic N) is 3. The Morgan fingerprint density at radius 2 is 2.00 bits per heavy atom. The van der Waals surface area contributed by atoms with Gasteiger partial charge in [0.15, 0.2) is 6.61 Å². The van der Waals surface area contributed by atoms with Crippen LogP contribution in [0.4, 0.5) is 19.0 Å². The quantitative estimate of drug-likeness (QED) is 0.680. The summed E-state index contributed by atoms with van der Waals surface area (Å²) in [6, 6.07) is 2.50. The van der Waals surface area contributed by atoms with E-state index in [1.807, 2.05) is 0 Å². The Hall–Kier alpha value is -2.88. The molecule has 1 aliphatic heterocycles. The number of anilines is 1. The standard InChI is InChI=1S/C21H22ClF3N4O3/c1-11(12-7-15(22)17(27-8-12)32-10-21(23,24)25)29-9-14-13(18(29)30)5-6-26-16(14)28-19(31)20(2,3)4/h5-8,11H,9-10H2,1-4H3,(H,26,28,31). The number of hydrogen-bond donors (Lipinski definition) is 1. The number of aromatic nitrogens is 2. The monoisotopic (exact) mass is 470 g/mol. The fourth-order valence-electron chi connectivity index (χ4n) is 3.07. The van der Waals surface area contributed by atoms with Crippen molar-refractivity contribution in [2.24, 2.45) is 5.41 Å². The summed E-state index contributed by atoms with van der Waals surface area (Å²) in [5.74, 6) is -0.526. The Labute approximate surface area is 187 Å². The van der Waals surface area contributed by atoms with Gasteiger partial charge in [0.25, 0.3) is 5.91 Å². The predicted molar refractivity (Wildman–Crippen MR) is 111 cm³/mol. The van der Waals surface area contributed by atoms with Crippen LogP contribution in [0.5, 0.6) is 5.88 Å². The van der Waals surface area contributed by atoms with Crippen molar-refractivity contribution in [1.82, 2.24) is 14.9 Å². The third-order valence-corrected chi connectivity index (χ3v) is 5.21. The minimum atomic E-state index is -4.52. The maximum absolute atomic E-state index is 13.0. The molecule has 0 radical (unpaired) electrons. The molecule has 0 bridgehead atoms. The van der Waals surface area contributed by atoms with Gasteiger partial charge in [-0.05, 0) is 24.6 Å². The maximum atomic E-state index is 13.0. The van der Waals surface area contributed by atoms with Crippen LogP contribution >= 0.6 is 11.6 Å². The van der Waals surface area contributed by atoms with E-state index in [9.17, 15) is 22.8 Å². The summed E-state index contributed by atoms with van der Waals surface area (Å²) in [6.07, 6.45) is -1.74. The van der Waals surface area contributed by atoms with Crippen LogP contribution in [0.1, 0.15) is 55.2 Å². The number of nitrogens with one attached hydrogen (secondary N) is 1. The third kappa shape index (κ3) is 5.12. The number of rotatable bonds is 5. The topological polar surface area (TPSA) is 84.4 Å². The molecule has 3 rings (SSSR count). The molecule has 0 saturated heterocycles. The molecular weight excluding hydrogens is 449 g/mol. The highest BCUT2D eigenvalue weighted by Gasteiger charge is 2.35. The largest absolute Gasteiger partial charge is 0.467 e. The van der Waals surface area contributed by atoms with Crippen molar-refractivity contribution < 1.29 is 27.5 Å². The Morgan fingerprint density at radius 3 is 2.59 bits per heavy atom. The molecule has 0 aliphatic carbocycles. The van der Waals surface area contributed by atoms with Crippen molar-refractivity contribution in [3.8, 4) is 5.88 Å². The van der Waals surface area contributed by atoms with Gasteiger partial charge >= 0.3 is 6.18 Å². The number of carbonyl (C=O) groups excluding carboxylic acids is 2. The first-order valence-electron chi connectivity index (χ1n) is 9.73. The van der Waals surface area contributed by atoms with Crippen LogP contribution < -0.4 is 10.1 Å². The predicted octanol–water partition coefficient (Wildman–Crippen LogP) is 4.77. The van der Waals surface area contributed by atoms with Crippen LogP contribution in [0.3, 0.4) is 0 Å². The molecule has 1 unspecified atom stereocenters. The number of fused-ring (bicyclic) bond motifs is 1. The summed E-state index contributed by atoms with van der Waals surface area (Å²) < 4.78 is 41.7. The number of hydrogen-bond acceptors (Lipinski definition) is 5. The molecule has 3 heterocycles. The first-order chi connectivity index (χ1) is 14.8. The van der Waals surface area contributed by atoms with Crippen molar-refractivity contribution in [3.05, 3.63) is 46.2 Å². The van der Waals surface area contributed by atoms with Gasteiger partial charge in [-0.2, -0.15) is 13.2 Å². The van der Waals surface area contributed by atoms with Crippen molar-refractivity contribution in [1.29, 1.82) is 0 Å². The number of carbonyl (C=O) groups is 2. The lowest BCUT2D eigenvalue weighted by Gasteiger charge is -2.25. The van der Waals surface area contributed by atoms with E-state index in [1.165, 1.54) is 18.5 Å². The maximum Gasteiger partial charge on any atom is 0.422 e. The zero-order valence-electron chi connectivity index (χ0n) is 17.9. The van der Waals surface area contributed by atoms with Crippen LogP contribution in [0, 0.1) is 5.41 Å². The Kier molecular flexibility index (Phi) is 6.37. The SMILES string of the molecule is CC(c1cnc(OCC(F)(F)F)c(Cl)c1)N1Cc2c(ccnc2NC(=O)C(C)(C)C)C1=O. The lowest BCUT2D eigenvalue weighted by Crippen LogP contribution is -2.29. The zero-order chi connectivity index (χ0) is 23.8. The second-order valence-electron chi connectivity index (χ2n) is 8.46. The smallest absolute Gasteiger partial charge is 0.422 e. The van der Waals surface area contributed by atoms with Gasteiger partial charge in [0.1, 0.15) is 10.8 Å². The van der Waals surface area contributed by atoms with Gasteiger partial charge in [-0.3, -0.25) is 9.59 Å². The van der Waals surface area contributed by atoms with E-state index in [-0.39, 0.29) is 29.3 Å². The van der Waals surface area contributed by atoms with Gasteiger partial charge in [0.05, 0.1) is 12.6 Å². The molecule has 32 heavy (non-hydrogen) atoms. The molecule has 0 fully saturated rings. The van der Waals surface area contributed by atoms with Gasteiger partial charge in [0, 0.05) is 28.9 Å². The molecule has 2 aromatic heterocycles. The zero-order valence-corrected chi connectivity index (χ0v) is 18.6. The summed E-state index contributed by atoms with van der Waals surface area (Å²) in [5, 5.41) is 2.68. The Balaban J connectivity index is 1.80. The molecule has 172 valence electrons. The highest BCUT2D eigenvalue weighted by atomic mass is 35.5. The van der Waals surface area contributed by atoms with E-state index < -0.39 is 24.2 Å². The molecule has 1 atom stereocenters. The fourth-order valence-corrected chi connectivity index (χ4v) is 3.30. The van der Waals surface area contributed by atoms with Gasteiger partial charge < -0.3 is 15.0 Å². The van der Waals surface area contributed by atoms with Crippen LogP contribution in [0.25, 0.3) is 0 Å². The average Bonchev–Trinajstić information content (AvgIpc) is 3.03. The van der Waals surface area contributed by atoms with Crippen LogP contribution in [0.15, 0.2) is 24.5 Å². The van der Waals surface area contributed by atoms with E-state index in [4.69, 9.17) is 11.6 Å². The molecule has 2 aromatic rings. The highest BCUT2D eigenvalue weighted by molar-refractivity contribution is 6.31. The van der Waals surface area contributed by atoms with Gasteiger partial charge in [-0.25, -0.2) is 9.97 Å². The van der Waals surface area contributed by atoms with Gasteiger partial charge in [-0.15, -0.1) is 0 Å². The first-order valence-corrected chi connectivity index (χ1v) is 10.1. The van der Waals surface area contributed by atoms with Gasteiger partial charge in [0.2, 0.25) is 11.8 Å². The lowest BCUT2D eigenvalue weighted by atomic mass is 9.95. The van der Waals surface area contributed by atoms with Gasteiger partial charge in [-0.1, -0.05) is 32.4 Å². The number of alkyl halides is 3. The summed E-state index contributed by atoms with van der Waals surface area (Å²) in [5.41, 5.74) is 0.883. The summed E-state index contributed by atoms with van der Waals surface area (Å²) in [6.45, 7) is 5.73. The van der Waals surface area contributed by atoms with E-state index in [0.717, 1.165) is 0 Å². The second kappa shape index (κ2) is 8.57. The van der Waals surface area contributed by atoms with E-state index in [0.29, 0.717) is 22.5 Å². The van der Waals surface area contributed by atoms with Crippen molar-refractivity contribution in [3.63, 3.8) is 0 Å². The first kappa shape index (κ1) is 23.8. The summed E-state index contributed by atoms with van der Waals surface area (Å²) in [7, 11) is 0. The molecule has 1 N–H and O–H groups in total. The van der Waals surface area contributed by atoms with E-state index in [1.54, 1.807) is 38.7 Å². The molecule has 0 saturated carbocycles. The summed E-state index contributed by atoms with van der Waals surface area (Å²) in [4.78, 5) is 35.0. The minimum Gasteiger partial charge on any atom is -0.467 e. The van der Waals surface area contributed by atoms with E-state index in [2.05, 4.69) is 20.0 Å². The number of pyridine rings is 2. The third-order valence-electron chi connectivity index (χ3n) is 4.94. The molecule has 1 aliphatic rings. The lowest BCUT2D eigenvalue weighted by molar-refractivity contribution is -0.154. The molecule has 0 spiro atoms. The molecule has 2 amide bonds. The number of amides is 2. The molecule has 7 nitrogen and oxygen atoms in total. The Bertz CT molecular complexity index is 1050.